The summed E-state index contributed by atoms with van der Waals surface area (Å²) in [4.78, 5) is 14.2. The highest BCUT2D eigenvalue weighted by Gasteiger charge is 2.19. The fourth-order valence-corrected chi connectivity index (χ4v) is 1.84. The Morgan fingerprint density at radius 3 is 2.26 bits per heavy atom. The van der Waals surface area contributed by atoms with Gasteiger partial charge in [0, 0.05) is 5.56 Å². The molecule has 0 aliphatic rings. The summed E-state index contributed by atoms with van der Waals surface area (Å²) < 4.78 is 4.99. The molecule has 5 heteroatoms. The van der Waals surface area contributed by atoms with Crippen molar-refractivity contribution in [2.24, 2.45) is 0 Å². The molecule has 0 aliphatic carbocycles. The highest BCUT2D eigenvalue weighted by atomic mass is 16.5. The van der Waals surface area contributed by atoms with E-state index < -0.39 is 5.56 Å². The summed E-state index contributed by atoms with van der Waals surface area (Å²) in [5.74, 6) is 0.0605. The maximum atomic E-state index is 11.8. The molecule has 1 aromatic carbocycles. The van der Waals surface area contributed by atoms with E-state index in [0.29, 0.717) is 11.1 Å². The topological polar surface area (TPSA) is 89.7 Å². The zero-order valence-electron chi connectivity index (χ0n) is 10.1. The fraction of sp³-hybridized carbons (Fsp3) is 0.0714. The first-order chi connectivity index (χ1) is 9.22. The molecule has 1 aromatic heterocycles. The van der Waals surface area contributed by atoms with Gasteiger partial charge in [-0.2, -0.15) is 10.5 Å². The molecular formula is C14H9N3O2. The fourth-order valence-electron chi connectivity index (χ4n) is 1.84. The van der Waals surface area contributed by atoms with Crippen LogP contribution in [0.3, 0.4) is 0 Å². The largest absolute Gasteiger partial charge is 0.481 e. The van der Waals surface area contributed by atoms with Gasteiger partial charge in [-0.15, -0.1) is 0 Å². The number of nitrogens with zero attached hydrogens (tertiary/aromatic N) is 2. The predicted octanol–water partition coefficient (Wildman–Crippen LogP) is 1.79. The van der Waals surface area contributed by atoms with Gasteiger partial charge in [-0.05, 0) is 5.56 Å². The Morgan fingerprint density at radius 1 is 1.11 bits per heavy atom. The molecule has 19 heavy (non-hydrogen) atoms. The minimum atomic E-state index is -0.572. The van der Waals surface area contributed by atoms with Gasteiger partial charge in [0.25, 0.3) is 5.56 Å². The lowest BCUT2D eigenvalue weighted by Gasteiger charge is -2.09. The van der Waals surface area contributed by atoms with E-state index in [0.717, 1.165) is 0 Å². The van der Waals surface area contributed by atoms with Gasteiger partial charge in [0.1, 0.15) is 23.3 Å². The van der Waals surface area contributed by atoms with Gasteiger partial charge in [0.15, 0.2) is 0 Å². The molecule has 0 amide bonds. The standard InChI is InChI=1S/C14H9N3O2/c1-19-14-11(8-16)12(9-5-3-2-4-6-9)10(7-15)13(18)17-14/h2-6H,1H3,(H,17,18). The minimum Gasteiger partial charge on any atom is -0.481 e. The van der Waals surface area contributed by atoms with Crippen LogP contribution in [0.5, 0.6) is 5.88 Å². The van der Waals surface area contributed by atoms with Gasteiger partial charge in [-0.25, -0.2) is 0 Å². The molecule has 92 valence electrons. The lowest BCUT2D eigenvalue weighted by atomic mass is 9.97. The minimum absolute atomic E-state index is 0.0605. The number of ether oxygens (including phenoxy) is 1. The predicted molar refractivity (Wildman–Crippen MR) is 68.5 cm³/mol. The Bertz CT molecular complexity index is 749. The van der Waals surface area contributed by atoms with Crippen molar-refractivity contribution in [2.75, 3.05) is 7.11 Å². The van der Waals surface area contributed by atoms with E-state index in [1.165, 1.54) is 7.11 Å². The van der Waals surface area contributed by atoms with Crippen LogP contribution in [0.4, 0.5) is 0 Å². The molecule has 5 nitrogen and oxygen atoms in total. The second-order valence-corrected chi connectivity index (χ2v) is 3.70. The van der Waals surface area contributed by atoms with Crippen molar-refractivity contribution >= 4 is 0 Å². The third kappa shape index (κ3) is 2.05. The Balaban J connectivity index is 2.93. The Labute approximate surface area is 109 Å². The number of nitriles is 2. The molecule has 0 spiro atoms. The Hall–Kier alpha value is -3.05. The second kappa shape index (κ2) is 5.07. The van der Waals surface area contributed by atoms with Crippen molar-refractivity contribution in [1.29, 1.82) is 10.5 Å². The van der Waals surface area contributed by atoms with Crippen LogP contribution in [0.25, 0.3) is 11.1 Å². The molecule has 0 aliphatic heterocycles. The zero-order valence-corrected chi connectivity index (χ0v) is 10.1. The summed E-state index contributed by atoms with van der Waals surface area (Å²) in [5.41, 5.74) is 0.400. The molecule has 0 saturated heterocycles. The maximum absolute atomic E-state index is 11.8. The van der Waals surface area contributed by atoms with Gasteiger partial charge < -0.3 is 4.74 Å². The number of H-pyrrole nitrogens is 1. The van der Waals surface area contributed by atoms with E-state index in [9.17, 15) is 10.1 Å². The van der Waals surface area contributed by atoms with Crippen LogP contribution >= 0.6 is 0 Å². The van der Waals surface area contributed by atoms with Crippen LogP contribution < -0.4 is 10.3 Å². The van der Waals surface area contributed by atoms with Crippen LogP contribution in [0, 0.1) is 22.7 Å². The van der Waals surface area contributed by atoms with Crippen LogP contribution in [-0.2, 0) is 0 Å². The summed E-state index contributed by atoms with van der Waals surface area (Å²) >= 11 is 0. The highest BCUT2D eigenvalue weighted by molar-refractivity contribution is 5.77. The SMILES string of the molecule is COc1[nH]c(=O)c(C#N)c(-c2ccccc2)c1C#N. The van der Waals surface area contributed by atoms with Gasteiger partial charge in [-0.1, -0.05) is 30.3 Å². The lowest BCUT2D eigenvalue weighted by molar-refractivity contribution is 0.395. The van der Waals surface area contributed by atoms with Crippen molar-refractivity contribution in [3.63, 3.8) is 0 Å². The number of aromatic amines is 1. The van der Waals surface area contributed by atoms with Crippen molar-refractivity contribution in [2.45, 2.75) is 0 Å². The van der Waals surface area contributed by atoms with Crippen molar-refractivity contribution in [3.05, 3.63) is 51.8 Å². The van der Waals surface area contributed by atoms with Crippen molar-refractivity contribution in [3.8, 4) is 29.1 Å². The number of aromatic nitrogens is 1. The highest BCUT2D eigenvalue weighted by Crippen LogP contribution is 2.29. The molecule has 1 heterocycles. The van der Waals surface area contributed by atoms with E-state index in [2.05, 4.69) is 4.98 Å². The van der Waals surface area contributed by atoms with E-state index in [1.807, 2.05) is 18.2 Å². The van der Waals surface area contributed by atoms with Crippen LogP contribution in [0.2, 0.25) is 0 Å². The summed E-state index contributed by atoms with van der Waals surface area (Å²) in [6, 6.07) is 12.6. The quantitative estimate of drug-likeness (QED) is 0.881. The normalized spacial score (nSPS) is 9.42. The molecule has 0 atom stereocenters. The van der Waals surface area contributed by atoms with Gasteiger partial charge in [0.05, 0.1) is 7.11 Å². The number of hydrogen-bond donors (Lipinski definition) is 1. The van der Waals surface area contributed by atoms with Gasteiger partial charge >= 0.3 is 0 Å². The van der Waals surface area contributed by atoms with E-state index in [1.54, 1.807) is 24.3 Å². The number of benzene rings is 1. The molecule has 0 saturated carbocycles. The monoisotopic (exact) mass is 251 g/mol. The molecule has 0 radical (unpaired) electrons. The smallest absolute Gasteiger partial charge is 0.269 e. The number of rotatable bonds is 2. The number of pyridine rings is 1. The first-order valence-electron chi connectivity index (χ1n) is 5.42. The third-order valence-corrected chi connectivity index (χ3v) is 2.67. The zero-order chi connectivity index (χ0) is 13.8. The molecule has 2 aromatic rings. The van der Waals surface area contributed by atoms with E-state index in [-0.39, 0.29) is 17.0 Å². The third-order valence-electron chi connectivity index (χ3n) is 2.67. The first kappa shape index (κ1) is 12.4. The Kier molecular flexibility index (Phi) is 3.31. The van der Waals surface area contributed by atoms with Crippen molar-refractivity contribution in [1.82, 2.24) is 4.98 Å². The molecule has 0 bridgehead atoms. The molecule has 0 unspecified atom stereocenters. The number of nitrogens with one attached hydrogen (secondary N) is 1. The van der Waals surface area contributed by atoms with Crippen molar-refractivity contribution < 1.29 is 4.74 Å². The first-order valence-corrected chi connectivity index (χ1v) is 5.42. The van der Waals surface area contributed by atoms with E-state index in [4.69, 9.17) is 10.00 Å². The molecule has 2 rings (SSSR count). The molecule has 0 fully saturated rings. The summed E-state index contributed by atoms with van der Waals surface area (Å²) in [7, 11) is 1.35. The molecular weight excluding hydrogens is 242 g/mol. The summed E-state index contributed by atoms with van der Waals surface area (Å²) in [6.07, 6.45) is 0. The maximum Gasteiger partial charge on any atom is 0.269 e. The van der Waals surface area contributed by atoms with Crippen LogP contribution in [0.15, 0.2) is 35.1 Å². The molecule has 1 N–H and O–H groups in total. The van der Waals surface area contributed by atoms with Gasteiger partial charge in [-0.3, -0.25) is 9.78 Å². The summed E-state index contributed by atoms with van der Waals surface area (Å²) in [5, 5.41) is 18.4. The van der Waals surface area contributed by atoms with Crippen LogP contribution in [0.1, 0.15) is 11.1 Å². The van der Waals surface area contributed by atoms with E-state index >= 15 is 0 Å². The second-order valence-electron chi connectivity index (χ2n) is 3.70. The van der Waals surface area contributed by atoms with Crippen LogP contribution in [-0.4, -0.2) is 12.1 Å². The average Bonchev–Trinajstić information content (AvgIpc) is 2.46. The number of hydrogen-bond acceptors (Lipinski definition) is 4. The summed E-state index contributed by atoms with van der Waals surface area (Å²) in [6.45, 7) is 0. The number of methoxy groups -OCH3 is 1. The Morgan fingerprint density at radius 2 is 1.74 bits per heavy atom. The average molecular weight is 251 g/mol. The van der Waals surface area contributed by atoms with Gasteiger partial charge in [0.2, 0.25) is 5.88 Å². The lowest BCUT2D eigenvalue weighted by Crippen LogP contribution is -2.15.